The third-order valence-corrected chi connectivity index (χ3v) is 13.8. The number of nitrogens with one attached hydrogen (secondary N) is 1. The molecule has 0 fully saturated rings. The molecule has 0 aromatic carbocycles. The number of hydrogen-bond acceptors (Lipinski definition) is 7. The minimum atomic E-state index is -4.69. The number of allylic oxidation sites excluding steroid dienone is 5. The number of esters is 1. The van der Waals surface area contributed by atoms with E-state index in [-0.39, 0.29) is 24.9 Å². The lowest BCUT2D eigenvalue weighted by Crippen LogP contribution is -2.47. The molecule has 0 aliphatic rings. The highest BCUT2D eigenvalue weighted by atomic mass is 31.2. The predicted octanol–water partition coefficient (Wildman–Crippen LogP) is 16.5. The van der Waals surface area contributed by atoms with Crippen molar-refractivity contribution in [2.24, 2.45) is 0 Å². The number of amides is 1. The van der Waals surface area contributed by atoms with Crippen LogP contribution >= 0.6 is 7.82 Å². The van der Waals surface area contributed by atoms with E-state index in [1.54, 1.807) is 0 Å². The summed E-state index contributed by atoms with van der Waals surface area (Å²) >= 11 is 0. The number of carbonyl (C=O) groups excluding carboxylic acids is 2. The van der Waals surface area contributed by atoms with Crippen molar-refractivity contribution < 1.29 is 37.3 Å². The molecule has 0 radical (unpaired) electrons. The summed E-state index contributed by atoms with van der Waals surface area (Å²) in [6.45, 7) is 6.82. The van der Waals surface area contributed by atoms with Crippen LogP contribution in [0, 0.1) is 0 Å². The summed E-state index contributed by atoms with van der Waals surface area (Å²) in [6.07, 6.45) is 56.8. The third kappa shape index (κ3) is 49.2. The summed E-state index contributed by atoms with van der Waals surface area (Å²) in [5.41, 5.74) is 0. The van der Waals surface area contributed by atoms with Gasteiger partial charge in [-0.3, -0.25) is 14.2 Å². The van der Waals surface area contributed by atoms with Crippen molar-refractivity contribution in [2.75, 3.05) is 40.9 Å². The standard InChI is InChI=1S/C58H111N2O7P/c1-7-10-13-16-19-22-25-27-29-30-31-33-36-39-42-45-48-51-58(62)67-56(49-46-43-40-37-34-24-21-18-15-12-9-3)55(54-66-68(63,64)65-53-52-60(4,5)6)59-57(61)50-47-44-41-38-35-32-28-26-23-20-17-14-11-8-2/h27,29,32,35,46,49,55-56H,7-26,28,30-31,33-34,36-45,47-48,50-54H2,1-6H3,(H-,59,61,63,64)/b29-27+,35-32-,49-46+. The smallest absolute Gasteiger partial charge is 0.306 e. The van der Waals surface area contributed by atoms with Crippen molar-refractivity contribution in [2.45, 2.75) is 283 Å². The van der Waals surface area contributed by atoms with Gasteiger partial charge >= 0.3 is 5.97 Å². The van der Waals surface area contributed by atoms with Gasteiger partial charge in [0.15, 0.2) is 0 Å². The molecule has 9 nitrogen and oxygen atoms in total. The van der Waals surface area contributed by atoms with Crippen molar-refractivity contribution in [3.63, 3.8) is 0 Å². The number of quaternary nitrogens is 1. The lowest BCUT2D eigenvalue weighted by Gasteiger charge is -2.30. The van der Waals surface area contributed by atoms with Gasteiger partial charge in [0, 0.05) is 12.8 Å². The molecule has 0 aromatic rings. The quantitative estimate of drug-likeness (QED) is 0.0212. The van der Waals surface area contributed by atoms with E-state index in [0.717, 1.165) is 77.0 Å². The number of likely N-dealkylation sites (N-methyl/N-ethyl adjacent to an activating group) is 1. The molecule has 1 N–H and O–H groups in total. The van der Waals surface area contributed by atoms with Gasteiger partial charge in [-0.2, -0.15) is 0 Å². The van der Waals surface area contributed by atoms with Crippen LogP contribution in [0.4, 0.5) is 0 Å². The normalized spacial score (nSPS) is 14.0. The zero-order valence-corrected chi connectivity index (χ0v) is 46.5. The van der Waals surface area contributed by atoms with E-state index in [1.165, 1.54) is 154 Å². The maximum atomic E-state index is 13.4. The molecule has 400 valence electrons. The zero-order chi connectivity index (χ0) is 50.1. The van der Waals surface area contributed by atoms with Gasteiger partial charge in [-0.1, -0.05) is 212 Å². The van der Waals surface area contributed by atoms with E-state index >= 15 is 0 Å². The largest absolute Gasteiger partial charge is 0.756 e. The molecule has 0 rings (SSSR count). The van der Waals surface area contributed by atoms with Crippen LogP contribution in [-0.4, -0.2) is 69.4 Å². The van der Waals surface area contributed by atoms with Gasteiger partial charge < -0.3 is 28.5 Å². The van der Waals surface area contributed by atoms with Crippen LogP contribution in [0.1, 0.15) is 271 Å². The van der Waals surface area contributed by atoms with Gasteiger partial charge in [0.2, 0.25) is 5.91 Å². The minimum absolute atomic E-state index is 0.0244. The SMILES string of the molecule is CCCCCCCC/C=C/CCCCCCCCCC(=O)OC(/C=C/CCCCCCCCCCC)C(COP(=O)([O-])OCC[N+](C)(C)C)NC(=O)CCCCC/C=C\CCCCCCCCC. The average molecular weight is 980 g/mol. The van der Waals surface area contributed by atoms with Gasteiger partial charge in [0.25, 0.3) is 7.82 Å². The van der Waals surface area contributed by atoms with E-state index < -0.39 is 26.6 Å². The predicted molar refractivity (Wildman–Crippen MR) is 289 cm³/mol. The fraction of sp³-hybridized carbons (Fsp3) is 0.862. The summed E-state index contributed by atoms with van der Waals surface area (Å²) in [6, 6.07) is -0.893. The topological polar surface area (TPSA) is 114 Å². The lowest BCUT2D eigenvalue weighted by molar-refractivity contribution is -0.870. The monoisotopic (exact) mass is 979 g/mol. The fourth-order valence-corrected chi connectivity index (χ4v) is 9.00. The van der Waals surface area contributed by atoms with Crippen LogP contribution in [-0.2, 0) is 27.9 Å². The maximum absolute atomic E-state index is 13.4. The Morgan fingerprint density at radius 2 is 0.853 bits per heavy atom. The molecule has 0 saturated heterocycles. The van der Waals surface area contributed by atoms with E-state index in [2.05, 4.69) is 50.4 Å². The Balaban J connectivity index is 5.33. The number of hydrogen-bond donors (Lipinski definition) is 1. The Bertz CT molecular complexity index is 1270. The molecule has 68 heavy (non-hydrogen) atoms. The summed E-state index contributed by atoms with van der Waals surface area (Å²) < 4.78 is 30.2. The minimum Gasteiger partial charge on any atom is -0.756 e. The summed E-state index contributed by atoms with van der Waals surface area (Å²) in [4.78, 5) is 39.8. The first-order valence-corrected chi connectivity index (χ1v) is 30.3. The molecule has 0 saturated carbocycles. The number of rotatable bonds is 52. The van der Waals surface area contributed by atoms with E-state index in [1.807, 2.05) is 33.3 Å². The zero-order valence-electron chi connectivity index (χ0n) is 45.6. The van der Waals surface area contributed by atoms with Gasteiger partial charge in [-0.05, 0) is 83.1 Å². The molecule has 3 atom stereocenters. The van der Waals surface area contributed by atoms with Crippen molar-refractivity contribution in [1.82, 2.24) is 5.32 Å². The van der Waals surface area contributed by atoms with Gasteiger partial charge in [-0.15, -0.1) is 0 Å². The van der Waals surface area contributed by atoms with Crippen molar-refractivity contribution in [3.8, 4) is 0 Å². The molecule has 1 amide bonds. The van der Waals surface area contributed by atoms with Crippen molar-refractivity contribution in [1.29, 1.82) is 0 Å². The van der Waals surface area contributed by atoms with Gasteiger partial charge in [0.05, 0.1) is 33.8 Å². The first-order valence-electron chi connectivity index (χ1n) is 28.8. The molecular formula is C58H111N2O7P. The van der Waals surface area contributed by atoms with Crippen LogP contribution in [0.2, 0.25) is 0 Å². The molecule has 10 heteroatoms. The van der Waals surface area contributed by atoms with E-state index in [0.29, 0.717) is 23.9 Å². The Morgan fingerprint density at radius 1 is 0.500 bits per heavy atom. The Kier molecular flexibility index (Phi) is 47.6. The summed E-state index contributed by atoms with van der Waals surface area (Å²) in [5.74, 6) is -0.559. The molecule has 3 unspecified atom stereocenters. The molecule has 0 heterocycles. The summed E-state index contributed by atoms with van der Waals surface area (Å²) in [5, 5.41) is 3.01. The Labute approximate surface area is 421 Å². The number of ether oxygens (including phenoxy) is 1. The molecule has 0 aromatic heterocycles. The third-order valence-electron chi connectivity index (χ3n) is 12.8. The van der Waals surface area contributed by atoms with Gasteiger partial charge in [0.1, 0.15) is 19.3 Å². The van der Waals surface area contributed by atoms with Crippen LogP contribution in [0.15, 0.2) is 36.5 Å². The first-order chi connectivity index (χ1) is 32.9. The first kappa shape index (κ1) is 66.2. The highest BCUT2D eigenvalue weighted by molar-refractivity contribution is 7.45. The number of phosphoric ester groups is 1. The molecule has 0 spiro atoms. The second kappa shape index (κ2) is 48.8. The van der Waals surface area contributed by atoms with Crippen LogP contribution in [0.3, 0.4) is 0 Å². The van der Waals surface area contributed by atoms with Gasteiger partial charge in [-0.25, -0.2) is 0 Å². The molecular weight excluding hydrogens is 868 g/mol. The maximum Gasteiger partial charge on any atom is 0.306 e. The average Bonchev–Trinajstić information content (AvgIpc) is 3.29. The van der Waals surface area contributed by atoms with E-state index in [9.17, 15) is 19.0 Å². The Hall–Kier alpha value is -1.77. The Morgan fingerprint density at radius 3 is 1.26 bits per heavy atom. The summed E-state index contributed by atoms with van der Waals surface area (Å²) in [7, 11) is 1.18. The van der Waals surface area contributed by atoms with E-state index in [4.69, 9.17) is 13.8 Å². The van der Waals surface area contributed by atoms with Crippen LogP contribution in [0.5, 0.6) is 0 Å². The number of phosphoric acid groups is 1. The van der Waals surface area contributed by atoms with Crippen LogP contribution < -0.4 is 10.2 Å². The van der Waals surface area contributed by atoms with Crippen molar-refractivity contribution >= 4 is 19.7 Å². The number of unbranched alkanes of at least 4 members (excludes halogenated alkanes) is 32. The lowest BCUT2D eigenvalue weighted by atomic mass is 10.1. The number of carbonyl (C=O) groups is 2. The van der Waals surface area contributed by atoms with Crippen LogP contribution in [0.25, 0.3) is 0 Å². The molecule has 0 aliphatic heterocycles. The highest BCUT2D eigenvalue weighted by Gasteiger charge is 2.27. The highest BCUT2D eigenvalue weighted by Crippen LogP contribution is 2.38. The van der Waals surface area contributed by atoms with Crippen molar-refractivity contribution in [3.05, 3.63) is 36.5 Å². The molecule has 0 bridgehead atoms. The fourth-order valence-electron chi connectivity index (χ4n) is 8.28. The number of nitrogens with zero attached hydrogens (tertiary/aromatic N) is 1. The second-order valence-electron chi connectivity index (χ2n) is 20.8. The second-order valence-corrected chi connectivity index (χ2v) is 22.2. The molecule has 0 aliphatic carbocycles.